The van der Waals surface area contributed by atoms with E-state index < -0.39 is 24.3 Å². The third-order valence-electron chi connectivity index (χ3n) is 2.51. The zero-order valence-corrected chi connectivity index (χ0v) is 9.89. The molecule has 1 rings (SSSR count). The molecule has 1 heterocycles. The Balaban J connectivity index is 3.21. The first-order chi connectivity index (χ1) is 8.68. The fourth-order valence-corrected chi connectivity index (χ4v) is 1.77. The van der Waals surface area contributed by atoms with Gasteiger partial charge in [0.15, 0.2) is 5.92 Å². The lowest BCUT2D eigenvalue weighted by atomic mass is 9.92. The fraction of sp³-hybridized carbons (Fsp3) is 0.545. The van der Waals surface area contributed by atoms with E-state index in [0.29, 0.717) is 0 Å². The number of halogens is 6. The van der Waals surface area contributed by atoms with E-state index in [9.17, 15) is 26.3 Å². The van der Waals surface area contributed by atoms with E-state index in [1.54, 1.807) is 0 Å². The fourth-order valence-electron chi connectivity index (χ4n) is 1.77. The number of rotatable bonds is 4. The van der Waals surface area contributed by atoms with Crippen molar-refractivity contribution in [2.75, 3.05) is 6.54 Å². The Morgan fingerprint density at radius 2 is 1.74 bits per heavy atom. The van der Waals surface area contributed by atoms with Gasteiger partial charge in [0.2, 0.25) is 0 Å². The Kier molecular flexibility index (Phi) is 4.78. The average molecular weight is 286 g/mol. The van der Waals surface area contributed by atoms with E-state index in [-0.39, 0.29) is 12.1 Å². The van der Waals surface area contributed by atoms with Gasteiger partial charge in [-0.15, -0.1) is 0 Å². The van der Waals surface area contributed by atoms with Crippen LogP contribution in [0.15, 0.2) is 24.5 Å². The number of pyridine rings is 1. The van der Waals surface area contributed by atoms with Crippen molar-refractivity contribution in [3.05, 3.63) is 30.1 Å². The lowest BCUT2D eigenvalue weighted by Crippen LogP contribution is -2.45. The molecule has 0 aromatic carbocycles. The van der Waals surface area contributed by atoms with E-state index in [2.05, 4.69) is 10.3 Å². The second-order valence-electron chi connectivity index (χ2n) is 3.88. The molecule has 1 aromatic heterocycles. The number of nitrogens with zero attached hydrogens (tertiary/aromatic N) is 1. The standard InChI is InChI=1S/C11H12F6N2/c1-2-19-8(7-4-3-5-18-6-7)9(10(12,13)14)11(15,16)17/h3-6,8-9,19H,2H2,1H3. The molecule has 0 bridgehead atoms. The highest BCUT2D eigenvalue weighted by Crippen LogP contribution is 2.46. The van der Waals surface area contributed by atoms with Gasteiger partial charge in [0, 0.05) is 12.4 Å². The van der Waals surface area contributed by atoms with Crippen molar-refractivity contribution in [3.8, 4) is 0 Å². The predicted molar refractivity (Wildman–Crippen MR) is 56.3 cm³/mol. The van der Waals surface area contributed by atoms with Crippen LogP contribution in [0.2, 0.25) is 0 Å². The van der Waals surface area contributed by atoms with Gasteiger partial charge in [-0.3, -0.25) is 4.98 Å². The summed E-state index contributed by atoms with van der Waals surface area (Å²) in [4.78, 5) is 3.56. The molecular weight excluding hydrogens is 274 g/mol. The molecule has 0 saturated heterocycles. The van der Waals surface area contributed by atoms with Gasteiger partial charge in [0.1, 0.15) is 0 Å². The molecular formula is C11H12F6N2. The molecule has 2 nitrogen and oxygen atoms in total. The van der Waals surface area contributed by atoms with E-state index in [0.717, 1.165) is 6.20 Å². The largest absolute Gasteiger partial charge is 0.402 e. The number of nitrogens with one attached hydrogen (secondary N) is 1. The molecule has 0 aliphatic rings. The van der Waals surface area contributed by atoms with Crippen molar-refractivity contribution < 1.29 is 26.3 Å². The van der Waals surface area contributed by atoms with Crippen LogP contribution in [0.3, 0.4) is 0 Å². The van der Waals surface area contributed by atoms with Gasteiger partial charge in [-0.2, -0.15) is 26.3 Å². The van der Waals surface area contributed by atoms with E-state index in [1.807, 2.05) is 0 Å². The SMILES string of the molecule is CCNC(c1cccnc1)C(C(F)(F)F)C(F)(F)F. The molecule has 0 saturated carbocycles. The molecule has 1 N–H and O–H groups in total. The Morgan fingerprint density at radius 3 is 2.11 bits per heavy atom. The van der Waals surface area contributed by atoms with Crippen LogP contribution < -0.4 is 5.32 Å². The Labute approximate surface area is 105 Å². The first-order valence-electron chi connectivity index (χ1n) is 5.44. The smallest absolute Gasteiger partial charge is 0.309 e. The minimum absolute atomic E-state index is 0.0256. The molecule has 0 amide bonds. The first-order valence-corrected chi connectivity index (χ1v) is 5.44. The summed E-state index contributed by atoms with van der Waals surface area (Å²) >= 11 is 0. The maximum absolute atomic E-state index is 12.7. The summed E-state index contributed by atoms with van der Waals surface area (Å²) in [6.07, 6.45) is -8.50. The summed E-state index contributed by atoms with van der Waals surface area (Å²) in [5.74, 6) is -3.47. The minimum atomic E-state index is -5.39. The minimum Gasteiger partial charge on any atom is -0.309 e. The Morgan fingerprint density at radius 1 is 1.16 bits per heavy atom. The molecule has 108 valence electrons. The molecule has 1 atom stereocenters. The third-order valence-corrected chi connectivity index (χ3v) is 2.51. The van der Waals surface area contributed by atoms with Gasteiger partial charge in [-0.05, 0) is 18.2 Å². The van der Waals surface area contributed by atoms with Crippen LogP contribution in [0.5, 0.6) is 0 Å². The normalized spacial score (nSPS) is 14.7. The predicted octanol–water partition coefficient (Wildman–Crippen LogP) is 3.47. The summed E-state index contributed by atoms with van der Waals surface area (Å²) in [5.41, 5.74) is -0.149. The van der Waals surface area contributed by atoms with Crippen molar-refractivity contribution in [1.29, 1.82) is 0 Å². The molecule has 0 aliphatic carbocycles. The summed E-state index contributed by atoms with van der Waals surface area (Å²) in [6, 6.07) is 0.576. The monoisotopic (exact) mass is 286 g/mol. The van der Waals surface area contributed by atoms with E-state index in [1.165, 1.54) is 25.3 Å². The van der Waals surface area contributed by atoms with Gasteiger partial charge in [0.25, 0.3) is 0 Å². The van der Waals surface area contributed by atoms with Crippen LogP contribution >= 0.6 is 0 Å². The molecule has 19 heavy (non-hydrogen) atoms. The number of alkyl halides is 6. The van der Waals surface area contributed by atoms with Crippen LogP contribution in [0, 0.1) is 5.92 Å². The van der Waals surface area contributed by atoms with Crippen molar-refractivity contribution in [2.24, 2.45) is 5.92 Å². The van der Waals surface area contributed by atoms with Crippen LogP contribution in [-0.2, 0) is 0 Å². The van der Waals surface area contributed by atoms with Gasteiger partial charge in [-0.25, -0.2) is 0 Å². The summed E-state index contributed by atoms with van der Waals surface area (Å²) in [5, 5.41) is 2.23. The van der Waals surface area contributed by atoms with Crippen molar-refractivity contribution in [1.82, 2.24) is 10.3 Å². The molecule has 1 unspecified atom stereocenters. The maximum atomic E-state index is 12.7. The van der Waals surface area contributed by atoms with Crippen molar-refractivity contribution >= 4 is 0 Å². The molecule has 1 aromatic rings. The lowest BCUT2D eigenvalue weighted by Gasteiger charge is -2.31. The Hall–Kier alpha value is -1.31. The maximum Gasteiger partial charge on any atom is 0.402 e. The highest BCUT2D eigenvalue weighted by atomic mass is 19.4. The topological polar surface area (TPSA) is 24.9 Å². The van der Waals surface area contributed by atoms with Gasteiger partial charge < -0.3 is 5.32 Å². The highest BCUT2D eigenvalue weighted by Gasteiger charge is 2.60. The third kappa shape index (κ3) is 4.09. The van der Waals surface area contributed by atoms with Gasteiger partial charge in [0.05, 0.1) is 6.04 Å². The van der Waals surface area contributed by atoms with Crippen LogP contribution in [0.25, 0.3) is 0 Å². The van der Waals surface area contributed by atoms with Crippen LogP contribution in [0.4, 0.5) is 26.3 Å². The molecule has 0 radical (unpaired) electrons. The number of hydrogen-bond acceptors (Lipinski definition) is 2. The second kappa shape index (κ2) is 5.77. The number of hydrogen-bond donors (Lipinski definition) is 1. The molecule has 0 fully saturated rings. The van der Waals surface area contributed by atoms with E-state index in [4.69, 9.17) is 0 Å². The Bertz CT molecular complexity index is 372. The number of aromatic nitrogens is 1. The lowest BCUT2D eigenvalue weighted by molar-refractivity contribution is -0.292. The molecule has 8 heteroatoms. The van der Waals surface area contributed by atoms with Crippen LogP contribution in [-0.4, -0.2) is 23.9 Å². The quantitative estimate of drug-likeness (QED) is 0.857. The van der Waals surface area contributed by atoms with Crippen molar-refractivity contribution in [2.45, 2.75) is 25.3 Å². The molecule has 0 spiro atoms. The average Bonchev–Trinajstić information content (AvgIpc) is 2.26. The van der Waals surface area contributed by atoms with E-state index >= 15 is 0 Å². The zero-order chi connectivity index (χ0) is 14.7. The summed E-state index contributed by atoms with van der Waals surface area (Å²) in [6.45, 7) is 1.41. The van der Waals surface area contributed by atoms with Gasteiger partial charge >= 0.3 is 12.4 Å². The van der Waals surface area contributed by atoms with Crippen molar-refractivity contribution in [3.63, 3.8) is 0 Å². The van der Waals surface area contributed by atoms with Gasteiger partial charge in [-0.1, -0.05) is 13.0 Å². The highest BCUT2D eigenvalue weighted by molar-refractivity contribution is 5.16. The summed E-state index contributed by atoms with van der Waals surface area (Å²) in [7, 11) is 0. The van der Waals surface area contributed by atoms with Crippen LogP contribution in [0.1, 0.15) is 18.5 Å². The molecule has 0 aliphatic heterocycles. The second-order valence-corrected chi connectivity index (χ2v) is 3.88. The summed E-state index contributed by atoms with van der Waals surface area (Å²) < 4.78 is 76.2. The first kappa shape index (κ1) is 15.7. The zero-order valence-electron chi connectivity index (χ0n) is 9.89.